The number of benzene rings is 2. The van der Waals surface area contributed by atoms with E-state index in [4.69, 9.17) is 0 Å². The molecule has 7 heteroatoms. The third kappa shape index (κ3) is 4.76. The Hall–Kier alpha value is -3.61. The molecule has 0 spiro atoms. The van der Waals surface area contributed by atoms with Crippen LogP contribution in [0.5, 0.6) is 0 Å². The lowest BCUT2D eigenvalue weighted by atomic mass is 10.1. The second-order valence-electron chi connectivity index (χ2n) is 6.63. The van der Waals surface area contributed by atoms with E-state index in [1.807, 2.05) is 55.5 Å². The first kappa shape index (κ1) is 19.2. The molecule has 0 saturated heterocycles. The molecule has 0 aliphatic carbocycles. The molecule has 0 fully saturated rings. The van der Waals surface area contributed by atoms with Crippen molar-refractivity contribution in [1.29, 1.82) is 0 Å². The maximum Gasteiger partial charge on any atom is 0.246 e. The Kier molecular flexibility index (Phi) is 5.74. The molecule has 2 N–H and O–H groups in total. The van der Waals surface area contributed by atoms with Crippen molar-refractivity contribution in [2.75, 3.05) is 29.6 Å². The summed E-state index contributed by atoms with van der Waals surface area (Å²) in [5.41, 5.74) is 3.35. The van der Waals surface area contributed by atoms with Gasteiger partial charge in [-0.1, -0.05) is 30.3 Å². The SMILES string of the molecule is CC(=O)Nc1ccc(NC(=O)Cn2cc(-c3ccccc3)c(N(C)C)n2)cc1. The summed E-state index contributed by atoms with van der Waals surface area (Å²) in [5.74, 6) is 0.486. The van der Waals surface area contributed by atoms with Gasteiger partial charge in [-0.15, -0.1) is 0 Å². The molecule has 0 atom stereocenters. The molecule has 0 saturated carbocycles. The molecular weight excluding hydrogens is 354 g/mol. The average molecular weight is 377 g/mol. The largest absolute Gasteiger partial charge is 0.361 e. The van der Waals surface area contributed by atoms with Gasteiger partial charge >= 0.3 is 0 Å². The number of amides is 2. The zero-order chi connectivity index (χ0) is 20.1. The van der Waals surface area contributed by atoms with Crippen LogP contribution in [0, 0.1) is 0 Å². The number of carbonyl (C=O) groups excluding carboxylic acids is 2. The second-order valence-corrected chi connectivity index (χ2v) is 6.63. The van der Waals surface area contributed by atoms with Crippen LogP contribution in [0.25, 0.3) is 11.1 Å². The highest BCUT2D eigenvalue weighted by molar-refractivity contribution is 5.92. The molecule has 2 amide bonds. The van der Waals surface area contributed by atoms with Crippen LogP contribution in [-0.4, -0.2) is 35.7 Å². The van der Waals surface area contributed by atoms with Gasteiger partial charge in [-0.3, -0.25) is 14.3 Å². The maximum absolute atomic E-state index is 12.4. The van der Waals surface area contributed by atoms with Gasteiger partial charge in [-0.25, -0.2) is 0 Å². The fourth-order valence-electron chi connectivity index (χ4n) is 2.83. The monoisotopic (exact) mass is 377 g/mol. The highest BCUT2D eigenvalue weighted by Crippen LogP contribution is 2.28. The van der Waals surface area contributed by atoms with E-state index in [2.05, 4.69) is 15.7 Å². The zero-order valence-corrected chi connectivity index (χ0v) is 16.1. The van der Waals surface area contributed by atoms with Gasteiger partial charge in [0.05, 0.1) is 0 Å². The van der Waals surface area contributed by atoms with E-state index in [0.717, 1.165) is 16.9 Å². The smallest absolute Gasteiger partial charge is 0.246 e. The Bertz CT molecular complexity index is 962. The van der Waals surface area contributed by atoms with E-state index >= 15 is 0 Å². The Labute approximate surface area is 164 Å². The van der Waals surface area contributed by atoms with Gasteiger partial charge < -0.3 is 15.5 Å². The molecule has 0 radical (unpaired) electrons. The predicted octanol–water partition coefficient (Wildman–Crippen LogP) is 3.21. The number of nitrogens with zero attached hydrogens (tertiary/aromatic N) is 3. The lowest BCUT2D eigenvalue weighted by Crippen LogP contribution is -2.19. The molecule has 7 nitrogen and oxygen atoms in total. The van der Waals surface area contributed by atoms with Crippen molar-refractivity contribution in [1.82, 2.24) is 9.78 Å². The van der Waals surface area contributed by atoms with Gasteiger partial charge in [0.1, 0.15) is 6.54 Å². The molecule has 0 aliphatic heterocycles. The topological polar surface area (TPSA) is 79.3 Å². The van der Waals surface area contributed by atoms with E-state index in [1.54, 1.807) is 28.9 Å². The standard InChI is InChI=1S/C21H23N5O2/c1-15(27)22-17-9-11-18(12-10-17)23-20(28)14-26-13-19(21(24-26)25(2)3)16-7-5-4-6-8-16/h4-13H,14H2,1-3H3,(H,22,27)(H,23,28). The number of anilines is 3. The van der Waals surface area contributed by atoms with E-state index in [-0.39, 0.29) is 18.4 Å². The van der Waals surface area contributed by atoms with Crippen LogP contribution in [0.2, 0.25) is 0 Å². The summed E-state index contributed by atoms with van der Waals surface area (Å²) in [6, 6.07) is 16.9. The van der Waals surface area contributed by atoms with Crippen molar-refractivity contribution in [3.63, 3.8) is 0 Å². The highest BCUT2D eigenvalue weighted by atomic mass is 16.2. The zero-order valence-electron chi connectivity index (χ0n) is 16.1. The van der Waals surface area contributed by atoms with Crippen LogP contribution in [0.15, 0.2) is 60.8 Å². The van der Waals surface area contributed by atoms with Gasteiger partial charge in [0, 0.05) is 44.2 Å². The minimum Gasteiger partial charge on any atom is -0.361 e. The van der Waals surface area contributed by atoms with Crippen LogP contribution < -0.4 is 15.5 Å². The summed E-state index contributed by atoms with van der Waals surface area (Å²) in [5, 5.41) is 10.1. The summed E-state index contributed by atoms with van der Waals surface area (Å²) in [7, 11) is 3.85. The number of carbonyl (C=O) groups is 2. The van der Waals surface area contributed by atoms with Crippen LogP contribution in [0.4, 0.5) is 17.2 Å². The number of nitrogens with one attached hydrogen (secondary N) is 2. The normalized spacial score (nSPS) is 10.4. The Morgan fingerprint density at radius 1 is 0.964 bits per heavy atom. The first-order valence-corrected chi connectivity index (χ1v) is 8.90. The molecule has 28 heavy (non-hydrogen) atoms. The molecule has 144 valence electrons. The van der Waals surface area contributed by atoms with Crippen molar-refractivity contribution < 1.29 is 9.59 Å². The van der Waals surface area contributed by atoms with Crippen molar-refractivity contribution >= 4 is 29.0 Å². The fourth-order valence-corrected chi connectivity index (χ4v) is 2.83. The molecule has 0 unspecified atom stereocenters. The van der Waals surface area contributed by atoms with Crippen LogP contribution in [0.3, 0.4) is 0 Å². The average Bonchev–Trinajstić information content (AvgIpc) is 3.07. The highest BCUT2D eigenvalue weighted by Gasteiger charge is 2.14. The van der Waals surface area contributed by atoms with Crippen molar-refractivity contribution in [3.8, 4) is 11.1 Å². The Balaban J connectivity index is 1.71. The molecule has 0 aliphatic rings. The molecule has 2 aromatic carbocycles. The summed E-state index contributed by atoms with van der Waals surface area (Å²) < 4.78 is 1.64. The number of hydrogen-bond acceptors (Lipinski definition) is 4. The summed E-state index contributed by atoms with van der Waals surface area (Å²) in [4.78, 5) is 25.4. The predicted molar refractivity (Wildman–Crippen MR) is 111 cm³/mol. The minimum absolute atomic E-state index is 0.0983. The fraction of sp³-hybridized carbons (Fsp3) is 0.190. The minimum atomic E-state index is -0.181. The summed E-state index contributed by atoms with van der Waals surface area (Å²) in [6.07, 6.45) is 1.88. The van der Waals surface area contributed by atoms with Gasteiger partial charge in [0.2, 0.25) is 11.8 Å². The number of aromatic nitrogens is 2. The van der Waals surface area contributed by atoms with E-state index in [1.165, 1.54) is 6.92 Å². The van der Waals surface area contributed by atoms with E-state index < -0.39 is 0 Å². The second kappa shape index (κ2) is 8.39. The molecule has 3 rings (SSSR count). The Morgan fingerprint density at radius 2 is 1.57 bits per heavy atom. The molecule has 1 heterocycles. The summed E-state index contributed by atoms with van der Waals surface area (Å²) >= 11 is 0. The molecule has 1 aromatic heterocycles. The first-order valence-electron chi connectivity index (χ1n) is 8.90. The van der Waals surface area contributed by atoms with Crippen molar-refractivity contribution in [2.24, 2.45) is 0 Å². The van der Waals surface area contributed by atoms with Gasteiger partial charge in [-0.05, 0) is 29.8 Å². The number of rotatable bonds is 6. The van der Waals surface area contributed by atoms with Gasteiger partial charge in [-0.2, -0.15) is 5.10 Å². The van der Waals surface area contributed by atoms with E-state index in [0.29, 0.717) is 11.4 Å². The van der Waals surface area contributed by atoms with Crippen LogP contribution >= 0.6 is 0 Å². The molecule has 3 aromatic rings. The Morgan fingerprint density at radius 3 is 2.14 bits per heavy atom. The van der Waals surface area contributed by atoms with Crippen molar-refractivity contribution in [3.05, 3.63) is 60.8 Å². The summed E-state index contributed by atoms with van der Waals surface area (Å²) in [6.45, 7) is 1.55. The molecular formula is C21H23N5O2. The van der Waals surface area contributed by atoms with Gasteiger partial charge in [0.15, 0.2) is 5.82 Å². The van der Waals surface area contributed by atoms with Crippen LogP contribution in [-0.2, 0) is 16.1 Å². The first-order chi connectivity index (χ1) is 13.4. The number of hydrogen-bond donors (Lipinski definition) is 2. The maximum atomic E-state index is 12.4. The third-order valence-corrected chi connectivity index (χ3v) is 4.05. The van der Waals surface area contributed by atoms with E-state index in [9.17, 15) is 9.59 Å². The lowest BCUT2D eigenvalue weighted by Gasteiger charge is -2.11. The van der Waals surface area contributed by atoms with Crippen LogP contribution in [0.1, 0.15) is 6.92 Å². The quantitative estimate of drug-likeness (QED) is 0.691. The lowest BCUT2D eigenvalue weighted by molar-refractivity contribution is -0.117. The van der Waals surface area contributed by atoms with Gasteiger partial charge in [0.25, 0.3) is 0 Å². The molecule has 0 bridgehead atoms. The third-order valence-electron chi connectivity index (χ3n) is 4.05. The van der Waals surface area contributed by atoms with Crippen molar-refractivity contribution in [2.45, 2.75) is 13.5 Å².